The molecule has 1 unspecified atom stereocenters. The van der Waals surface area contributed by atoms with Gasteiger partial charge < -0.3 is 15.5 Å². The minimum atomic E-state index is -0.127. The summed E-state index contributed by atoms with van der Waals surface area (Å²) >= 11 is 0. The van der Waals surface area contributed by atoms with Gasteiger partial charge in [-0.1, -0.05) is 42.5 Å². The van der Waals surface area contributed by atoms with Gasteiger partial charge in [-0.2, -0.15) is 0 Å². The summed E-state index contributed by atoms with van der Waals surface area (Å²) in [5.41, 5.74) is 0.981. The fourth-order valence-electron chi connectivity index (χ4n) is 4.09. The topological polar surface area (TPSA) is 62.6 Å². The van der Waals surface area contributed by atoms with Gasteiger partial charge in [0.25, 0.3) is 0 Å². The molecule has 1 saturated heterocycles. The van der Waals surface area contributed by atoms with Crippen LogP contribution < -0.4 is 15.5 Å². The van der Waals surface area contributed by atoms with Crippen molar-refractivity contribution in [1.82, 2.24) is 10.6 Å². The minimum Gasteiger partial charge on any atom is -0.354 e. The lowest BCUT2D eigenvalue weighted by Crippen LogP contribution is -3.16. The zero-order valence-electron chi connectivity index (χ0n) is 16.8. The molecule has 2 amide bonds. The van der Waals surface area contributed by atoms with Crippen molar-refractivity contribution in [3.8, 4) is 0 Å². The van der Waals surface area contributed by atoms with E-state index in [4.69, 9.17) is 0 Å². The van der Waals surface area contributed by atoms with Crippen LogP contribution in [0.15, 0.2) is 42.5 Å². The minimum absolute atomic E-state index is 0.0383. The fraction of sp³-hybridized carbons (Fsp3) is 0.478. The standard InChI is InChI=1S/C23H31N3O2/c1-18-8-4-5-14-26(18)15-7-13-24-23(28)17-25-22(27)16-20-11-6-10-19-9-2-3-12-21(19)20/h2-3,6,9-12,18H,4-5,7-8,13-17H2,1H3,(H,24,28)(H,25,27)/p+1/t18-/m1/s1. The number of piperidine rings is 1. The van der Waals surface area contributed by atoms with Gasteiger partial charge in [-0.05, 0) is 42.5 Å². The average Bonchev–Trinajstić information content (AvgIpc) is 2.71. The number of carbonyl (C=O) groups is 2. The Kier molecular flexibility index (Phi) is 7.43. The number of fused-ring (bicyclic) bond motifs is 1. The molecule has 0 aliphatic carbocycles. The van der Waals surface area contributed by atoms with E-state index in [-0.39, 0.29) is 24.8 Å². The highest BCUT2D eigenvalue weighted by Gasteiger charge is 2.20. The van der Waals surface area contributed by atoms with Gasteiger partial charge in [-0.15, -0.1) is 0 Å². The molecule has 0 bridgehead atoms. The largest absolute Gasteiger partial charge is 0.354 e. The summed E-state index contributed by atoms with van der Waals surface area (Å²) in [6, 6.07) is 14.7. The Morgan fingerprint density at radius 1 is 1.04 bits per heavy atom. The number of amides is 2. The van der Waals surface area contributed by atoms with Crippen molar-refractivity contribution in [2.75, 3.05) is 26.2 Å². The lowest BCUT2D eigenvalue weighted by atomic mass is 10.0. The van der Waals surface area contributed by atoms with Crippen molar-refractivity contribution in [3.05, 3.63) is 48.0 Å². The van der Waals surface area contributed by atoms with Gasteiger partial charge in [-0.3, -0.25) is 9.59 Å². The Morgan fingerprint density at radius 3 is 2.71 bits per heavy atom. The van der Waals surface area contributed by atoms with E-state index in [0.717, 1.165) is 35.3 Å². The second-order valence-electron chi connectivity index (χ2n) is 7.85. The fourth-order valence-corrected chi connectivity index (χ4v) is 4.09. The smallest absolute Gasteiger partial charge is 0.239 e. The molecule has 1 heterocycles. The van der Waals surface area contributed by atoms with Crippen molar-refractivity contribution in [3.63, 3.8) is 0 Å². The normalized spacial score (nSPS) is 19.3. The molecule has 3 N–H and O–H groups in total. The number of rotatable bonds is 8. The first-order chi connectivity index (χ1) is 13.6. The molecule has 2 aromatic carbocycles. The molecule has 0 saturated carbocycles. The van der Waals surface area contributed by atoms with Crippen LogP contribution in [0.3, 0.4) is 0 Å². The third kappa shape index (κ3) is 5.80. The van der Waals surface area contributed by atoms with E-state index in [9.17, 15) is 9.59 Å². The van der Waals surface area contributed by atoms with Crippen LogP contribution in [0.5, 0.6) is 0 Å². The van der Waals surface area contributed by atoms with Crippen LogP contribution in [-0.4, -0.2) is 44.0 Å². The molecule has 1 aliphatic heterocycles. The van der Waals surface area contributed by atoms with Crippen molar-refractivity contribution in [2.24, 2.45) is 0 Å². The van der Waals surface area contributed by atoms with Crippen molar-refractivity contribution in [1.29, 1.82) is 0 Å². The van der Waals surface area contributed by atoms with Crippen LogP contribution in [0.2, 0.25) is 0 Å². The number of quaternary nitrogens is 1. The van der Waals surface area contributed by atoms with Crippen LogP contribution in [0, 0.1) is 0 Å². The molecule has 5 heteroatoms. The molecular weight excluding hydrogens is 350 g/mol. The van der Waals surface area contributed by atoms with Gasteiger partial charge in [0.15, 0.2) is 0 Å². The first-order valence-corrected chi connectivity index (χ1v) is 10.5. The third-order valence-electron chi connectivity index (χ3n) is 5.76. The molecule has 2 atom stereocenters. The quantitative estimate of drug-likeness (QED) is 0.606. The van der Waals surface area contributed by atoms with Gasteiger partial charge in [0, 0.05) is 13.0 Å². The summed E-state index contributed by atoms with van der Waals surface area (Å²) in [6.07, 6.45) is 5.24. The molecule has 0 radical (unpaired) electrons. The number of carbonyl (C=O) groups excluding carboxylic acids is 2. The predicted octanol–water partition coefficient (Wildman–Crippen LogP) is 1.46. The van der Waals surface area contributed by atoms with E-state index >= 15 is 0 Å². The van der Waals surface area contributed by atoms with Crippen molar-refractivity contribution >= 4 is 22.6 Å². The highest BCUT2D eigenvalue weighted by molar-refractivity contribution is 5.91. The number of hydrogen-bond donors (Lipinski definition) is 3. The van der Waals surface area contributed by atoms with Crippen molar-refractivity contribution < 1.29 is 14.5 Å². The number of nitrogens with one attached hydrogen (secondary N) is 3. The van der Waals surface area contributed by atoms with Crippen LogP contribution in [0.1, 0.15) is 38.2 Å². The molecular formula is C23H32N3O2+. The van der Waals surface area contributed by atoms with E-state index in [1.165, 1.54) is 25.8 Å². The van der Waals surface area contributed by atoms with Gasteiger partial charge >= 0.3 is 0 Å². The summed E-state index contributed by atoms with van der Waals surface area (Å²) < 4.78 is 0. The van der Waals surface area contributed by atoms with Crippen LogP contribution in [-0.2, 0) is 16.0 Å². The summed E-state index contributed by atoms with van der Waals surface area (Å²) in [6.45, 7) is 5.39. The van der Waals surface area contributed by atoms with Crippen LogP contribution >= 0.6 is 0 Å². The zero-order chi connectivity index (χ0) is 19.8. The number of likely N-dealkylation sites (tertiary alicyclic amines) is 1. The van der Waals surface area contributed by atoms with Gasteiger partial charge in [-0.25, -0.2) is 0 Å². The molecule has 150 valence electrons. The summed E-state index contributed by atoms with van der Waals surface area (Å²) in [7, 11) is 0. The predicted molar refractivity (Wildman–Crippen MR) is 112 cm³/mol. The van der Waals surface area contributed by atoms with E-state index in [1.807, 2.05) is 42.5 Å². The first-order valence-electron chi connectivity index (χ1n) is 10.5. The summed E-state index contributed by atoms with van der Waals surface area (Å²) in [5.74, 6) is -0.244. The maximum Gasteiger partial charge on any atom is 0.239 e. The van der Waals surface area contributed by atoms with Gasteiger partial charge in [0.05, 0.1) is 32.1 Å². The number of benzene rings is 2. The lowest BCUT2D eigenvalue weighted by molar-refractivity contribution is -0.928. The highest BCUT2D eigenvalue weighted by Crippen LogP contribution is 2.18. The molecule has 5 nitrogen and oxygen atoms in total. The maximum atomic E-state index is 12.2. The SMILES string of the molecule is C[C@@H]1CCCC[NH+]1CCCNC(=O)CNC(=O)Cc1cccc2ccccc12. The van der Waals surface area contributed by atoms with Crippen molar-refractivity contribution in [2.45, 2.75) is 45.1 Å². The maximum absolute atomic E-state index is 12.2. The van der Waals surface area contributed by atoms with E-state index in [1.54, 1.807) is 4.90 Å². The molecule has 1 aliphatic rings. The third-order valence-corrected chi connectivity index (χ3v) is 5.76. The lowest BCUT2D eigenvalue weighted by Gasteiger charge is -2.30. The van der Waals surface area contributed by atoms with E-state index in [2.05, 4.69) is 17.6 Å². The van der Waals surface area contributed by atoms with Gasteiger partial charge in [0.1, 0.15) is 0 Å². The molecule has 3 rings (SSSR count). The summed E-state index contributed by atoms with van der Waals surface area (Å²) in [4.78, 5) is 25.9. The monoisotopic (exact) mass is 382 g/mol. The van der Waals surface area contributed by atoms with E-state index < -0.39 is 0 Å². The second-order valence-corrected chi connectivity index (χ2v) is 7.85. The molecule has 0 spiro atoms. The second kappa shape index (κ2) is 10.2. The summed E-state index contributed by atoms with van der Waals surface area (Å²) in [5, 5.41) is 7.86. The van der Waals surface area contributed by atoms with E-state index in [0.29, 0.717) is 6.54 Å². The molecule has 0 aromatic heterocycles. The molecule has 2 aromatic rings. The van der Waals surface area contributed by atoms with Crippen LogP contribution in [0.25, 0.3) is 10.8 Å². The zero-order valence-corrected chi connectivity index (χ0v) is 16.8. The molecule has 28 heavy (non-hydrogen) atoms. The Labute approximate surface area is 167 Å². The Balaban J connectivity index is 1.35. The Morgan fingerprint density at radius 2 is 1.86 bits per heavy atom. The van der Waals surface area contributed by atoms with Gasteiger partial charge in [0.2, 0.25) is 11.8 Å². The molecule has 1 fully saturated rings. The first kappa shape index (κ1) is 20.3. The Bertz CT molecular complexity index is 800. The number of hydrogen-bond acceptors (Lipinski definition) is 2. The highest BCUT2D eigenvalue weighted by atomic mass is 16.2. The average molecular weight is 383 g/mol. The van der Waals surface area contributed by atoms with Crippen LogP contribution in [0.4, 0.5) is 0 Å². The Hall–Kier alpha value is -2.40.